The summed E-state index contributed by atoms with van der Waals surface area (Å²) in [5.41, 5.74) is 12.4. The summed E-state index contributed by atoms with van der Waals surface area (Å²) in [5, 5.41) is 13.8. The zero-order valence-corrected chi connectivity index (χ0v) is 26.8. The summed E-state index contributed by atoms with van der Waals surface area (Å²) in [7, 11) is 2.12. The lowest BCUT2D eigenvalue weighted by atomic mass is 10.0. The van der Waals surface area contributed by atoms with Crippen LogP contribution in [0.25, 0.3) is 88.8 Å². The molecule has 0 atom stereocenters. The van der Waals surface area contributed by atoms with Gasteiger partial charge in [0.2, 0.25) is 11.8 Å². The third kappa shape index (κ3) is 4.55. The van der Waals surface area contributed by atoms with Crippen molar-refractivity contribution in [2.24, 2.45) is 7.05 Å². The molecule has 0 amide bonds. The Morgan fingerprint density at radius 3 is 1.52 bits per heavy atom. The smallest absolute Gasteiger partial charge is 0.248 e. The Balaban J connectivity index is 0.975. The molecule has 48 heavy (non-hydrogen) atoms. The van der Waals surface area contributed by atoms with Crippen LogP contribution in [0.4, 0.5) is 0 Å². The zero-order valence-electron chi connectivity index (χ0n) is 26.8. The summed E-state index contributed by atoms with van der Waals surface area (Å²) in [6, 6.07) is 47.2. The number of benzene rings is 6. The van der Waals surface area contributed by atoms with Crippen LogP contribution in [-0.4, -0.2) is 19.3 Å². The molecule has 0 radical (unpaired) electrons. The second-order valence-electron chi connectivity index (χ2n) is 12.7. The van der Waals surface area contributed by atoms with E-state index >= 15 is 0 Å². The Kier molecular flexibility index (Phi) is 6.40. The fourth-order valence-electron chi connectivity index (χ4n) is 7.09. The van der Waals surface area contributed by atoms with Crippen LogP contribution in [0.2, 0.25) is 0 Å². The van der Waals surface area contributed by atoms with Crippen molar-refractivity contribution in [2.75, 3.05) is 0 Å². The summed E-state index contributed by atoms with van der Waals surface area (Å²) in [6.07, 6.45) is 0. The van der Waals surface area contributed by atoms with E-state index in [1.54, 1.807) is 0 Å². The molecule has 5 heteroatoms. The van der Waals surface area contributed by atoms with Crippen molar-refractivity contribution in [3.63, 3.8) is 0 Å². The topological polar surface area (TPSA) is 48.8 Å². The van der Waals surface area contributed by atoms with Crippen molar-refractivity contribution in [3.8, 4) is 45.2 Å². The van der Waals surface area contributed by atoms with Gasteiger partial charge in [-0.25, -0.2) is 0 Å². The number of aryl methyl sites for hydroxylation is 1. The van der Waals surface area contributed by atoms with E-state index in [-0.39, 0.29) is 0 Å². The number of hydrogen-bond donors (Lipinski definition) is 0. The molecule has 230 valence electrons. The van der Waals surface area contributed by atoms with E-state index < -0.39 is 0 Å². The molecule has 0 fully saturated rings. The van der Waals surface area contributed by atoms with Crippen LogP contribution in [0.1, 0.15) is 6.92 Å². The molecule has 0 aliphatic heterocycles. The summed E-state index contributed by atoms with van der Waals surface area (Å²) >= 11 is 0. The fraction of sp³-hybridized carbons (Fsp3) is 0.0698. The highest BCUT2D eigenvalue weighted by molar-refractivity contribution is 6.10. The van der Waals surface area contributed by atoms with Gasteiger partial charge in [0.25, 0.3) is 0 Å². The number of nitrogens with zero attached hydrogens (tertiary/aromatic N) is 4. The van der Waals surface area contributed by atoms with Gasteiger partial charge < -0.3 is 13.6 Å². The summed E-state index contributed by atoms with van der Waals surface area (Å²) in [6.45, 7) is 7.03. The highest BCUT2D eigenvalue weighted by atomic mass is 16.4. The number of fused-ring (bicyclic) bond motifs is 6. The molecule has 0 aliphatic rings. The molecule has 0 saturated heterocycles. The average Bonchev–Trinajstić information content (AvgIpc) is 3.82. The zero-order chi connectivity index (χ0) is 32.4. The predicted octanol–water partition coefficient (Wildman–Crippen LogP) is 11.1. The van der Waals surface area contributed by atoms with Crippen molar-refractivity contribution in [1.29, 1.82) is 0 Å². The van der Waals surface area contributed by atoms with Gasteiger partial charge in [0.05, 0.1) is 0 Å². The number of rotatable bonds is 6. The molecule has 0 spiro atoms. The van der Waals surface area contributed by atoms with Crippen molar-refractivity contribution in [1.82, 2.24) is 19.3 Å². The van der Waals surface area contributed by atoms with Crippen LogP contribution >= 0.6 is 0 Å². The van der Waals surface area contributed by atoms with Gasteiger partial charge >= 0.3 is 0 Å². The van der Waals surface area contributed by atoms with E-state index in [2.05, 4.69) is 149 Å². The number of para-hydroxylation sites is 2. The first-order valence-corrected chi connectivity index (χ1v) is 16.2. The Morgan fingerprint density at radius 1 is 0.521 bits per heavy atom. The fourth-order valence-corrected chi connectivity index (χ4v) is 7.09. The van der Waals surface area contributed by atoms with Crippen molar-refractivity contribution >= 4 is 43.6 Å². The van der Waals surface area contributed by atoms with Gasteiger partial charge in [-0.2, -0.15) is 0 Å². The maximum atomic E-state index is 6.16. The van der Waals surface area contributed by atoms with E-state index in [1.807, 2.05) is 24.3 Å². The Bertz CT molecular complexity index is 2670. The van der Waals surface area contributed by atoms with Gasteiger partial charge in [-0.05, 0) is 89.8 Å². The molecule has 5 nitrogen and oxygen atoms in total. The predicted molar refractivity (Wildman–Crippen MR) is 198 cm³/mol. The van der Waals surface area contributed by atoms with Crippen LogP contribution in [0.5, 0.6) is 0 Å². The normalized spacial score (nSPS) is 11.7. The van der Waals surface area contributed by atoms with Gasteiger partial charge in [0.15, 0.2) is 0 Å². The maximum absolute atomic E-state index is 6.16. The lowest BCUT2D eigenvalue weighted by Crippen LogP contribution is -1.97. The number of aromatic nitrogens is 4. The first-order chi connectivity index (χ1) is 23.5. The highest BCUT2D eigenvalue weighted by Gasteiger charge is 2.15. The molecule has 0 unspecified atom stereocenters. The molecule has 0 N–H and O–H groups in total. The van der Waals surface area contributed by atoms with Crippen LogP contribution in [0.3, 0.4) is 0 Å². The van der Waals surface area contributed by atoms with E-state index in [4.69, 9.17) is 4.42 Å². The first kappa shape index (κ1) is 28.1. The lowest BCUT2D eigenvalue weighted by molar-refractivity contribution is 0.584. The second-order valence-corrected chi connectivity index (χ2v) is 12.7. The Morgan fingerprint density at radius 2 is 0.938 bits per heavy atom. The van der Waals surface area contributed by atoms with Gasteiger partial charge in [0, 0.05) is 68.3 Å². The number of hydrogen-bond acceptors (Lipinski definition) is 3. The Hall–Kier alpha value is -6.20. The van der Waals surface area contributed by atoms with Gasteiger partial charge in [0.1, 0.15) is 0 Å². The van der Waals surface area contributed by atoms with Crippen molar-refractivity contribution in [2.45, 2.75) is 13.5 Å². The quantitative estimate of drug-likeness (QED) is 0.174. The minimum Gasteiger partial charge on any atom is -0.416 e. The molecule has 0 bridgehead atoms. The molecule has 6 aromatic carbocycles. The van der Waals surface area contributed by atoms with Crippen LogP contribution < -0.4 is 0 Å². The van der Waals surface area contributed by atoms with Crippen LogP contribution in [0, 0.1) is 0 Å². The lowest BCUT2D eigenvalue weighted by Gasteiger charge is -2.08. The standard InChI is InChI=1S/C43H32N4O/c1-27(2)26-47-40-11-7-5-9-35(40)37-25-33(21-23-41(37)47)29-14-18-31(19-15-29)43-45-44-42(48-43)30-16-12-28(13-17-30)32-20-22-39-36(24-32)34-8-4-6-10-38(34)46(39)3/h4-25H,1,26H2,2-3H3. The van der Waals surface area contributed by atoms with Crippen molar-refractivity contribution in [3.05, 3.63) is 146 Å². The molecule has 9 rings (SSSR count). The summed E-state index contributed by atoms with van der Waals surface area (Å²) < 4.78 is 10.8. The van der Waals surface area contributed by atoms with E-state index in [1.165, 1.54) is 49.2 Å². The second kappa shape index (κ2) is 11.0. The largest absolute Gasteiger partial charge is 0.416 e. The SMILES string of the molecule is C=C(C)Cn1c2ccccc2c2cc(-c3ccc(-c4nnc(-c5ccc(-c6ccc7c(c6)c6ccccc6n7C)cc5)o4)cc3)ccc21. The molecule has 3 aromatic heterocycles. The van der Waals surface area contributed by atoms with E-state index in [9.17, 15) is 0 Å². The first-order valence-electron chi connectivity index (χ1n) is 16.2. The molecule has 0 saturated carbocycles. The van der Waals surface area contributed by atoms with Gasteiger partial charge in [-0.3, -0.25) is 0 Å². The van der Waals surface area contributed by atoms with Crippen LogP contribution in [0.15, 0.2) is 150 Å². The Labute approximate surface area is 278 Å². The van der Waals surface area contributed by atoms with Gasteiger partial charge in [-0.15, -0.1) is 10.2 Å². The third-order valence-corrected chi connectivity index (χ3v) is 9.47. The number of allylic oxidation sites excluding steroid dienone is 1. The molecule has 9 aromatic rings. The highest BCUT2D eigenvalue weighted by Crippen LogP contribution is 2.35. The molecular weight excluding hydrogens is 589 g/mol. The summed E-state index contributed by atoms with van der Waals surface area (Å²) in [4.78, 5) is 0. The molecule has 3 heterocycles. The minimum atomic E-state index is 0.500. The van der Waals surface area contributed by atoms with Gasteiger partial charge in [-0.1, -0.05) is 84.9 Å². The third-order valence-electron chi connectivity index (χ3n) is 9.47. The van der Waals surface area contributed by atoms with E-state index in [0.29, 0.717) is 11.8 Å². The van der Waals surface area contributed by atoms with Crippen molar-refractivity contribution < 1.29 is 4.42 Å². The van der Waals surface area contributed by atoms with Crippen LogP contribution in [-0.2, 0) is 13.6 Å². The average molecular weight is 621 g/mol. The maximum Gasteiger partial charge on any atom is 0.248 e. The monoisotopic (exact) mass is 620 g/mol. The minimum absolute atomic E-state index is 0.500. The van der Waals surface area contributed by atoms with E-state index in [0.717, 1.165) is 39.9 Å². The summed E-state index contributed by atoms with van der Waals surface area (Å²) in [5.74, 6) is 1.00. The molecule has 0 aliphatic carbocycles. The molecular formula is C43H32N4O.